The van der Waals surface area contributed by atoms with Gasteiger partial charge in [0, 0.05) is 18.3 Å². The molecule has 1 aliphatic rings. The van der Waals surface area contributed by atoms with Crippen molar-refractivity contribution in [2.75, 3.05) is 13.2 Å². The quantitative estimate of drug-likeness (QED) is 0.910. The van der Waals surface area contributed by atoms with E-state index in [2.05, 4.69) is 41.2 Å². The second kappa shape index (κ2) is 8.23. The van der Waals surface area contributed by atoms with Crippen LogP contribution in [0.1, 0.15) is 31.2 Å². The summed E-state index contributed by atoms with van der Waals surface area (Å²) >= 11 is 0. The highest BCUT2D eigenvalue weighted by molar-refractivity contribution is 5.78. The van der Waals surface area contributed by atoms with E-state index in [9.17, 15) is 4.79 Å². The molecule has 1 N–H and O–H groups in total. The number of hydrogen-bond acceptors (Lipinski definition) is 4. The van der Waals surface area contributed by atoms with E-state index >= 15 is 0 Å². The van der Waals surface area contributed by atoms with Gasteiger partial charge in [0.1, 0.15) is 0 Å². The summed E-state index contributed by atoms with van der Waals surface area (Å²) in [7, 11) is 0. The summed E-state index contributed by atoms with van der Waals surface area (Å²) in [6.45, 7) is 5.66. The number of carbonyl (C=O) groups excluding carboxylic acids is 1. The van der Waals surface area contributed by atoms with E-state index in [0.717, 1.165) is 11.3 Å². The maximum atomic E-state index is 12.4. The lowest BCUT2D eigenvalue weighted by atomic mass is 9.98. The first-order valence-corrected chi connectivity index (χ1v) is 8.74. The van der Waals surface area contributed by atoms with Crippen LogP contribution < -0.4 is 5.32 Å². The number of rotatable bonds is 5. The molecule has 1 saturated heterocycles. The van der Waals surface area contributed by atoms with Crippen LogP contribution in [0.15, 0.2) is 54.7 Å². The van der Waals surface area contributed by atoms with Crippen molar-refractivity contribution in [3.05, 3.63) is 66.0 Å². The number of ether oxygens (including phenoxy) is 1. The number of benzene rings is 1. The van der Waals surface area contributed by atoms with Crippen LogP contribution in [0.3, 0.4) is 0 Å². The fraction of sp³-hybridized carbons (Fsp3) is 0.400. The predicted octanol–water partition coefficient (Wildman–Crippen LogP) is 2.55. The van der Waals surface area contributed by atoms with E-state index in [4.69, 9.17) is 4.74 Å². The van der Waals surface area contributed by atoms with E-state index in [-0.39, 0.29) is 24.1 Å². The van der Waals surface area contributed by atoms with Gasteiger partial charge in [-0.2, -0.15) is 0 Å². The summed E-state index contributed by atoms with van der Waals surface area (Å²) in [5.74, 6) is 0.0121. The monoisotopic (exact) mass is 339 g/mol. The van der Waals surface area contributed by atoms with E-state index in [1.165, 1.54) is 0 Å². The lowest BCUT2D eigenvalue weighted by Gasteiger charge is -2.43. The number of nitrogens with one attached hydrogen (secondary N) is 1. The third-order valence-corrected chi connectivity index (χ3v) is 4.69. The van der Waals surface area contributed by atoms with E-state index < -0.39 is 0 Å². The van der Waals surface area contributed by atoms with Crippen molar-refractivity contribution in [3.8, 4) is 0 Å². The Hall–Kier alpha value is -2.24. The first kappa shape index (κ1) is 17.6. The smallest absolute Gasteiger partial charge is 0.234 e. The zero-order valence-corrected chi connectivity index (χ0v) is 14.8. The number of amides is 1. The molecule has 1 aromatic carbocycles. The average Bonchev–Trinajstić information content (AvgIpc) is 2.65. The van der Waals surface area contributed by atoms with E-state index in [0.29, 0.717) is 19.7 Å². The molecule has 5 nitrogen and oxygen atoms in total. The standard InChI is InChI=1S/C20H25N3O2/c1-15-14-25-20(17-8-4-3-5-9-17)16(2)23(15)13-19(24)22-12-18-10-6-7-11-21-18/h3-11,15-16,20H,12-14H2,1-2H3,(H,22,24)/t15-,16+,20-/m1/s1. The van der Waals surface area contributed by atoms with Gasteiger partial charge in [-0.15, -0.1) is 0 Å². The van der Waals surface area contributed by atoms with Gasteiger partial charge in [0.25, 0.3) is 0 Å². The first-order valence-electron chi connectivity index (χ1n) is 8.74. The minimum Gasteiger partial charge on any atom is -0.370 e. The van der Waals surface area contributed by atoms with Crippen LogP contribution in [-0.2, 0) is 16.1 Å². The molecule has 0 bridgehead atoms. The van der Waals surface area contributed by atoms with Gasteiger partial charge in [-0.25, -0.2) is 0 Å². The van der Waals surface area contributed by atoms with Crippen LogP contribution >= 0.6 is 0 Å². The molecule has 0 saturated carbocycles. The fourth-order valence-corrected chi connectivity index (χ4v) is 3.28. The molecule has 1 fully saturated rings. The summed E-state index contributed by atoms with van der Waals surface area (Å²) in [5, 5.41) is 2.96. The number of hydrogen-bond donors (Lipinski definition) is 1. The lowest BCUT2D eigenvalue weighted by Crippen LogP contribution is -2.54. The molecule has 1 aliphatic heterocycles. The van der Waals surface area contributed by atoms with Crippen molar-refractivity contribution >= 4 is 5.91 Å². The summed E-state index contributed by atoms with van der Waals surface area (Å²) in [5.41, 5.74) is 2.02. The number of pyridine rings is 1. The third kappa shape index (κ3) is 4.44. The summed E-state index contributed by atoms with van der Waals surface area (Å²) < 4.78 is 6.05. The molecule has 1 amide bonds. The van der Waals surface area contributed by atoms with Crippen LogP contribution in [0.5, 0.6) is 0 Å². The maximum absolute atomic E-state index is 12.4. The third-order valence-electron chi connectivity index (χ3n) is 4.69. The Morgan fingerprint density at radius 3 is 2.68 bits per heavy atom. The van der Waals surface area contributed by atoms with Gasteiger partial charge >= 0.3 is 0 Å². The second-order valence-electron chi connectivity index (χ2n) is 6.52. The van der Waals surface area contributed by atoms with Crippen LogP contribution in [0.2, 0.25) is 0 Å². The number of nitrogens with zero attached hydrogens (tertiary/aromatic N) is 2. The zero-order valence-electron chi connectivity index (χ0n) is 14.8. The molecule has 3 rings (SSSR count). The molecule has 0 radical (unpaired) electrons. The lowest BCUT2D eigenvalue weighted by molar-refractivity contribution is -0.132. The van der Waals surface area contributed by atoms with Gasteiger partial charge in [0.2, 0.25) is 5.91 Å². The molecule has 3 atom stereocenters. The highest BCUT2D eigenvalue weighted by Gasteiger charge is 2.35. The normalized spacial score (nSPS) is 24.0. The molecule has 25 heavy (non-hydrogen) atoms. The Kier molecular flexibility index (Phi) is 5.79. The molecule has 1 aromatic heterocycles. The van der Waals surface area contributed by atoms with Crippen molar-refractivity contribution < 1.29 is 9.53 Å². The van der Waals surface area contributed by atoms with Gasteiger partial charge in [-0.3, -0.25) is 14.7 Å². The molecule has 132 valence electrons. The van der Waals surface area contributed by atoms with Gasteiger partial charge in [0.15, 0.2) is 0 Å². The Bertz CT molecular complexity index is 678. The zero-order chi connectivity index (χ0) is 17.6. The molecule has 5 heteroatoms. The summed E-state index contributed by atoms with van der Waals surface area (Å²) in [4.78, 5) is 18.8. The molecule has 2 heterocycles. The summed E-state index contributed by atoms with van der Waals surface area (Å²) in [6.07, 6.45) is 1.72. The maximum Gasteiger partial charge on any atom is 0.234 e. The van der Waals surface area contributed by atoms with E-state index in [1.54, 1.807) is 6.20 Å². The highest BCUT2D eigenvalue weighted by atomic mass is 16.5. The Morgan fingerprint density at radius 1 is 1.20 bits per heavy atom. The Labute approximate surface area is 149 Å². The van der Waals surface area contributed by atoms with Crippen LogP contribution in [0.4, 0.5) is 0 Å². The number of carbonyl (C=O) groups is 1. The Balaban J connectivity index is 1.60. The minimum absolute atomic E-state index is 0.0121. The van der Waals surface area contributed by atoms with Crippen LogP contribution in [0.25, 0.3) is 0 Å². The largest absolute Gasteiger partial charge is 0.370 e. The van der Waals surface area contributed by atoms with Crippen molar-refractivity contribution in [1.29, 1.82) is 0 Å². The van der Waals surface area contributed by atoms with Crippen molar-refractivity contribution in [2.45, 2.75) is 38.6 Å². The van der Waals surface area contributed by atoms with E-state index in [1.807, 2.05) is 36.4 Å². The average molecular weight is 339 g/mol. The van der Waals surface area contributed by atoms with Gasteiger partial charge in [0.05, 0.1) is 31.5 Å². The molecular formula is C20H25N3O2. The molecule has 0 aliphatic carbocycles. The predicted molar refractivity (Wildman–Crippen MR) is 96.8 cm³/mol. The van der Waals surface area contributed by atoms with Gasteiger partial charge < -0.3 is 10.1 Å². The molecular weight excluding hydrogens is 314 g/mol. The van der Waals surface area contributed by atoms with Gasteiger partial charge in [-0.1, -0.05) is 36.4 Å². The minimum atomic E-state index is -0.0130. The van der Waals surface area contributed by atoms with Crippen LogP contribution in [0, 0.1) is 0 Å². The molecule has 2 aromatic rings. The highest BCUT2D eigenvalue weighted by Crippen LogP contribution is 2.30. The molecule has 0 spiro atoms. The fourth-order valence-electron chi connectivity index (χ4n) is 3.28. The van der Waals surface area contributed by atoms with Crippen molar-refractivity contribution in [2.24, 2.45) is 0 Å². The number of aromatic nitrogens is 1. The second-order valence-corrected chi connectivity index (χ2v) is 6.52. The topological polar surface area (TPSA) is 54.5 Å². The summed E-state index contributed by atoms with van der Waals surface area (Å²) in [6, 6.07) is 16.2. The van der Waals surface area contributed by atoms with Crippen molar-refractivity contribution in [3.63, 3.8) is 0 Å². The van der Waals surface area contributed by atoms with Crippen molar-refractivity contribution in [1.82, 2.24) is 15.2 Å². The van der Waals surface area contributed by atoms with Gasteiger partial charge in [-0.05, 0) is 31.5 Å². The Morgan fingerprint density at radius 2 is 1.96 bits per heavy atom. The molecule has 0 unspecified atom stereocenters. The number of morpholine rings is 1. The van der Waals surface area contributed by atoms with Crippen LogP contribution in [-0.4, -0.2) is 41.0 Å². The SMILES string of the molecule is C[C@@H]1CO[C@@H](c2ccccc2)[C@H](C)N1CC(=O)NCc1ccccn1. The first-order chi connectivity index (χ1) is 12.1.